The molecule has 4 aromatic rings. The molecule has 45 heavy (non-hydrogen) atoms. The molecule has 5 rings (SSSR count). The van der Waals surface area contributed by atoms with Crippen LogP contribution in [0.3, 0.4) is 0 Å². The Labute approximate surface area is 263 Å². The minimum atomic E-state index is -1.22. The number of ether oxygens (including phenoxy) is 3. The van der Waals surface area contributed by atoms with Crippen molar-refractivity contribution in [1.29, 1.82) is 0 Å². The van der Waals surface area contributed by atoms with E-state index in [1.807, 2.05) is 0 Å². The summed E-state index contributed by atoms with van der Waals surface area (Å²) in [6.45, 7) is 0.323. The van der Waals surface area contributed by atoms with E-state index in [2.05, 4.69) is 15.6 Å². The van der Waals surface area contributed by atoms with Gasteiger partial charge < -0.3 is 36.1 Å². The topological polar surface area (TPSA) is 171 Å². The Hall–Kier alpha value is -4.94. The zero-order valence-corrected chi connectivity index (χ0v) is 25.2. The number of carboxylic acid groups (broad SMARTS) is 1. The molecule has 13 heteroatoms. The fourth-order valence-corrected chi connectivity index (χ4v) is 4.77. The fourth-order valence-electron chi connectivity index (χ4n) is 4.55. The van der Waals surface area contributed by atoms with Gasteiger partial charge in [0, 0.05) is 35.4 Å². The van der Waals surface area contributed by atoms with Gasteiger partial charge in [-0.1, -0.05) is 11.6 Å². The number of pyridine rings is 1. The van der Waals surface area contributed by atoms with Crippen LogP contribution in [0.15, 0.2) is 66.9 Å². The molecule has 1 aliphatic rings. The number of halogens is 2. The van der Waals surface area contributed by atoms with Crippen LogP contribution in [-0.2, 0) is 14.4 Å². The van der Waals surface area contributed by atoms with E-state index in [1.165, 1.54) is 37.4 Å². The lowest BCUT2D eigenvalue weighted by molar-refractivity contribution is -0.137. The van der Waals surface area contributed by atoms with Crippen molar-refractivity contribution in [3.05, 3.63) is 77.7 Å². The number of amides is 2. The molecule has 236 valence electrons. The number of carbonyl (C=O) groups is 3. The lowest BCUT2D eigenvalue weighted by atomic mass is 10.0. The van der Waals surface area contributed by atoms with Gasteiger partial charge in [0.05, 0.1) is 24.3 Å². The zero-order valence-electron chi connectivity index (χ0n) is 24.4. The van der Waals surface area contributed by atoms with Gasteiger partial charge in [-0.15, -0.1) is 0 Å². The Morgan fingerprint density at radius 1 is 0.911 bits per heavy atom. The predicted octanol–water partition coefficient (Wildman–Crippen LogP) is 6.98. The first-order valence-corrected chi connectivity index (χ1v) is 14.2. The van der Waals surface area contributed by atoms with Gasteiger partial charge in [-0.2, -0.15) is 0 Å². The van der Waals surface area contributed by atoms with Gasteiger partial charge in [-0.25, -0.2) is 4.39 Å². The second-order valence-corrected chi connectivity index (χ2v) is 10.7. The highest BCUT2D eigenvalue weighted by atomic mass is 35.5. The van der Waals surface area contributed by atoms with Crippen molar-refractivity contribution in [1.82, 2.24) is 11.1 Å². The van der Waals surface area contributed by atoms with E-state index in [0.717, 1.165) is 0 Å². The number of anilines is 2. The number of benzene rings is 3. The first-order valence-electron chi connectivity index (χ1n) is 13.9. The van der Waals surface area contributed by atoms with Crippen molar-refractivity contribution < 1.29 is 38.1 Å². The van der Waals surface area contributed by atoms with Crippen LogP contribution in [0.25, 0.3) is 10.9 Å². The van der Waals surface area contributed by atoms with Gasteiger partial charge in [-0.3, -0.25) is 19.4 Å². The molecule has 0 radical (unpaired) electrons. The molecule has 2 amide bonds. The highest BCUT2D eigenvalue weighted by Crippen LogP contribution is 2.48. The first kappa shape index (κ1) is 33.0. The van der Waals surface area contributed by atoms with Gasteiger partial charge >= 0.3 is 5.97 Å². The first-order chi connectivity index (χ1) is 21.2. The van der Waals surface area contributed by atoms with Crippen LogP contribution in [0.2, 0.25) is 5.02 Å². The Balaban J connectivity index is 0.00000461. The van der Waals surface area contributed by atoms with Gasteiger partial charge in [0.25, 0.3) is 0 Å². The summed E-state index contributed by atoms with van der Waals surface area (Å²) in [6, 6.07) is 15.2. The van der Waals surface area contributed by atoms with Gasteiger partial charge in [0.15, 0.2) is 11.5 Å². The number of nitrogens with one attached hydrogen (secondary N) is 2. The molecule has 1 heterocycles. The maximum absolute atomic E-state index is 13.2. The monoisotopic (exact) mass is 638 g/mol. The third kappa shape index (κ3) is 7.78. The summed E-state index contributed by atoms with van der Waals surface area (Å²) in [6.07, 6.45) is 3.50. The van der Waals surface area contributed by atoms with E-state index in [0.29, 0.717) is 77.6 Å². The van der Waals surface area contributed by atoms with E-state index < -0.39 is 29.0 Å². The number of carbonyl (C=O) groups excluding carboxylic acids is 2. The van der Waals surface area contributed by atoms with Gasteiger partial charge in [0.2, 0.25) is 11.8 Å². The maximum atomic E-state index is 13.2. The van der Waals surface area contributed by atoms with Crippen molar-refractivity contribution in [2.45, 2.75) is 32.1 Å². The third-order valence-corrected chi connectivity index (χ3v) is 7.46. The summed E-state index contributed by atoms with van der Waals surface area (Å²) in [5.41, 5.74) is 0.154. The van der Waals surface area contributed by atoms with Crippen molar-refractivity contribution in [3.63, 3.8) is 0 Å². The Morgan fingerprint density at radius 3 is 2.24 bits per heavy atom. The average Bonchev–Trinajstić information content (AvgIpc) is 3.82. The number of aliphatic carboxylic acids is 1. The van der Waals surface area contributed by atoms with Gasteiger partial charge in [-0.05, 0) is 80.3 Å². The second kappa shape index (κ2) is 14.2. The van der Waals surface area contributed by atoms with E-state index in [9.17, 15) is 18.8 Å². The number of unbranched alkanes of at least 4 members (excludes halogenated alkanes) is 1. The van der Waals surface area contributed by atoms with E-state index >= 15 is 0 Å². The molecule has 1 saturated carbocycles. The third-order valence-electron chi connectivity index (χ3n) is 7.16. The van der Waals surface area contributed by atoms with Crippen molar-refractivity contribution in [2.75, 3.05) is 24.4 Å². The standard InChI is InChI=1S/C32H29ClFN3O7.H3N/c1-42-27-17-22-24(18-28(27)43-15-3-2-4-29(38)39)35-14-11-25(22)44-26-10-9-21(16-23(26)33)37-31(41)32(12-13-32)30(40)36-20-7-5-19(34)6-8-20;/h5-11,14,16-18H,2-4,12-13,15H2,1H3,(H,36,40)(H,37,41)(H,38,39);1H3. The van der Waals surface area contributed by atoms with Crippen molar-refractivity contribution in [3.8, 4) is 23.0 Å². The van der Waals surface area contributed by atoms with Crippen LogP contribution in [-0.4, -0.2) is 41.6 Å². The minimum Gasteiger partial charge on any atom is -0.493 e. The quantitative estimate of drug-likeness (QED) is 0.0890. The molecule has 11 nitrogen and oxygen atoms in total. The maximum Gasteiger partial charge on any atom is 0.303 e. The molecule has 0 spiro atoms. The predicted molar refractivity (Wildman–Crippen MR) is 167 cm³/mol. The van der Waals surface area contributed by atoms with Crippen molar-refractivity contribution in [2.24, 2.45) is 5.41 Å². The van der Waals surface area contributed by atoms with E-state index in [4.69, 9.17) is 30.9 Å². The summed E-state index contributed by atoms with van der Waals surface area (Å²) in [5.74, 6) is -0.494. The number of hydrogen-bond donors (Lipinski definition) is 4. The largest absolute Gasteiger partial charge is 0.493 e. The molecular formula is C32H32ClFN4O7. The Bertz CT molecular complexity index is 1710. The van der Waals surface area contributed by atoms with Crippen LogP contribution in [0.5, 0.6) is 23.0 Å². The number of nitrogens with zero attached hydrogens (tertiary/aromatic N) is 1. The Morgan fingerprint density at radius 2 is 1.60 bits per heavy atom. The molecule has 1 fully saturated rings. The summed E-state index contributed by atoms with van der Waals surface area (Å²) in [5, 5.41) is 15.1. The Kier molecular flexibility index (Phi) is 10.4. The number of carboxylic acids is 1. The minimum absolute atomic E-state index is 0. The lowest BCUT2D eigenvalue weighted by Gasteiger charge is -2.17. The molecule has 0 aliphatic heterocycles. The number of hydrogen-bond acceptors (Lipinski definition) is 8. The highest BCUT2D eigenvalue weighted by Gasteiger charge is 2.56. The SMILES string of the molecule is COc1cc2c(Oc3ccc(NC(=O)C4(C(=O)Nc5ccc(F)cc5)CC4)cc3Cl)ccnc2cc1OCCCCC(=O)O.N. The number of fused-ring (bicyclic) bond motifs is 1. The second-order valence-electron chi connectivity index (χ2n) is 10.3. The van der Waals surface area contributed by atoms with Crippen LogP contribution >= 0.6 is 11.6 Å². The molecule has 1 aliphatic carbocycles. The molecule has 6 N–H and O–H groups in total. The molecule has 0 unspecified atom stereocenters. The lowest BCUT2D eigenvalue weighted by Crippen LogP contribution is -2.35. The van der Waals surface area contributed by atoms with Gasteiger partial charge in [0.1, 0.15) is 22.7 Å². The molecule has 3 aromatic carbocycles. The normalized spacial score (nSPS) is 12.9. The van der Waals surface area contributed by atoms with Crippen LogP contribution in [0.4, 0.5) is 15.8 Å². The van der Waals surface area contributed by atoms with Crippen LogP contribution in [0, 0.1) is 11.2 Å². The van der Waals surface area contributed by atoms with E-state index in [-0.39, 0.29) is 17.6 Å². The fraction of sp³-hybridized carbons (Fsp3) is 0.250. The molecule has 0 atom stereocenters. The molecule has 0 saturated heterocycles. The average molecular weight is 639 g/mol. The number of methoxy groups -OCH3 is 1. The molecular weight excluding hydrogens is 607 g/mol. The van der Waals surface area contributed by atoms with Crippen LogP contribution in [0.1, 0.15) is 32.1 Å². The molecule has 0 bridgehead atoms. The van der Waals surface area contributed by atoms with E-state index in [1.54, 1.807) is 36.5 Å². The summed E-state index contributed by atoms with van der Waals surface area (Å²) in [7, 11) is 1.51. The number of rotatable bonds is 13. The molecule has 1 aromatic heterocycles. The summed E-state index contributed by atoms with van der Waals surface area (Å²) >= 11 is 6.53. The summed E-state index contributed by atoms with van der Waals surface area (Å²) < 4.78 is 30.6. The smallest absolute Gasteiger partial charge is 0.303 e. The zero-order chi connectivity index (χ0) is 31.3. The highest BCUT2D eigenvalue weighted by molar-refractivity contribution is 6.32. The summed E-state index contributed by atoms with van der Waals surface area (Å²) in [4.78, 5) is 41.1. The van der Waals surface area contributed by atoms with Crippen LogP contribution < -0.4 is 31.0 Å². The van der Waals surface area contributed by atoms with Crippen molar-refractivity contribution >= 4 is 51.7 Å². The number of aromatic nitrogens is 1.